The number of hydrogen-bond donors (Lipinski definition) is 1. The van der Waals surface area contributed by atoms with E-state index in [1.807, 2.05) is 23.1 Å². The maximum atomic E-state index is 13.0. The van der Waals surface area contributed by atoms with Crippen LogP contribution in [0.4, 0.5) is 0 Å². The van der Waals surface area contributed by atoms with Gasteiger partial charge in [-0.25, -0.2) is 0 Å². The number of nitrogens with one attached hydrogen (secondary N) is 1. The van der Waals surface area contributed by atoms with E-state index in [1.54, 1.807) is 0 Å². The summed E-state index contributed by atoms with van der Waals surface area (Å²) in [6, 6.07) is 10.4. The van der Waals surface area contributed by atoms with Crippen molar-refractivity contribution in [2.24, 2.45) is 23.7 Å². The maximum Gasteiger partial charge on any atom is 0.227 e. The van der Waals surface area contributed by atoms with Crippen molar-refractivity contribution in [3.8, 4) is 0 Å². The third-order valence-corrected chi connectivity index (χ3v) is 6.10. The molecule has 1 aromatic carbocycles. The normalized spacial score (nSPS) is 31.4. The number of carboxylic acid groups (broad SMARTS) is 1. The van der Waals surface area contributed by atoms with Gasteiger partial charge >= 0.3 is 0 Å². The minimum atomic E-state index is -1.07. The minimum Gasteiger partial charge on any atom is -0.550 e. The van der Waals surface area contributed by atoms with Gasteiger partial charge in [0, 0.05) is 17.5 Å². The fourth-order valence-corrected chi connectivity index (χ4v) is 4.80. The van der Waals surface area contributed by atoms with Gasteiger partial charge in [0.1, 0.15) is 6.54 Å². The molecule has 0 unspecified atom stereocenters. The topological polar surface area (TPSA) is 64.9 Å². The number of amides is 1. The second kappa shape index (κ2) is 6.64. The molecule has 5 heteroatoms. The van der Waals surface area contributed by atoms with Crippen LogP contribution in [-0.4, -0.2) is 43.0 Å². The van der Waals surface area contributed by atoms with Gasteiger partial charge in [-0.05, 0) is 18.3 Å². The number of carbonyl (C=O) groups excluding carboxylic acids is 2. The molecule has 1 aliphatic heterocycles. The van der Waals surface area contributed by atoms with Crippen LogP contribution in [0.1, 0.15) is 12.0 Å². The van der Waals surface area contributed by atoms with Crippen molar-refractivity contribution in [3.05, 3.63) is 48.0 Å². The molecule has 5 nitrogen and oxygen atoms in total. The largest absolute Gasteiger partial charge is 0.550 e. The Hall–Kier alpha value is -2.14. The van der Waals surface area contributed by atoms with Crippen LogP contribution >= 0.6 is 0 Å². The average Bonchev–Trinajstić information content (AvgIpc) is 3.24. The number of aliphatic carboxylic acids is 1. The van der Waals surface area contributed by atoms with Gasteiger partial charge in [-0.2, -0.15) is 0 Å². The Morgan fingerprint density at radius 2 is 1.68 bits per heavy atom. The molecule has 2 bridgehead atoms. The van der Waals surface area contributed by atoms with E-state index >= 15 is 0 Å². The van der Waals surface area contributed by atoms with Crippen LogP contribution in [0.3, 0.4) is 0 Å². The highest BCUT2D eigenvalue weighted by Gasteiger charge is 2.50. The molecule has 25 heavy (non-hydrogen) atoms. The van der Waals surface area contributed by atoms with Crippen LogP contribution in [0.2, 0.25) is 0 Å². The molecule has 132 valence electrons. The van der Waals surface area contributed by atoms with Gasteiger partial charge in [-0.15, -0.1) is 0 Å². The van der Waals surface area contributed by atoms with E-state index < -0.39 is 17.8 Å². The molecule has 4 rings (SSSR count). The Labute approximate surface area is 147 Å². The molecule has 3 aliphatic rings. The summed E-state index contributed by atoms with van der Waals surface area (Å²) in [5.41, 5.74) is 1.31. The van der Waals surface area contributed by atoms with Crippen LogP contribution in [0.5, 0.6) is 0 Å². The summed E-state index contributed by atoms with van der Waals surface area (Å²) in [4.78, 5) is 27.8. The lowest BCUT2D eigenvalue weighted by atomic mass is 9.82. The summed E-state index contributed by atoms with van der Waals surface area (Å²) < 4.78 is 0. The third kappa shape index (κ3) is 3.09. The molecule has 2 aliphatic carbocycles. The number of nitrogens with zero attached hydrogens (tertiary/aromatic N) is 1. The molecule has 0 spiro atoms. The lowest BCUT2D eigenvalue weighted by Gasteiger charge is -2.37. The lowest BCUT2D eigenvalue weighted by Crippen LogP contribution is -3.13. The number of hydrogen-bond acceptors (Lipinski definition) is 3. The van der Waals surface area contributed by atoms with Crippen molar-refractivity contribution < 1.29 is 19.6 Å². The van der Waals surface area contributed by atoms with E-state index in [1.165, 1.54) is 10.5 Å². The van der Waals surface area contributed by atoms with Gasteiger partial charge in [-0.3, -0.25) is 4.79 Å². The van der Waals surface area contributed by atoms with E-state index in [2.05, 4.69) is 24.3 Å². The van der Waals surface area contributed by atoms with Crippen LogP contribution in [0.25, 0.3) is 0 Å². The number of carbonyl (C=O) groups is 2. The Morgan fingerprint density at radius 1 is 1.04 bits per heavy atom. The molecular weight excluding hydrogens is 316 g/mol. The number of quaternary nitrogens is 1. The summed E-state index contributed by atoms with van der Waals surface area (Å²) in [7, 11) is 0. The van der Waals surface area contributed by atoms with Crippen molar-refractivity contribution in [1.82, 2.24) is 4.90 Å². The Kier molecular flexibility index (Phi) is 4.34. The quantitative estimate of drug-likeness (QED) is 0.723. The van der Waals surface area contributed by atoms with Crippen molar-refractivity contribution in [2.45, 2.75) is 13.0 Å². The van der Waals surface area contributed by atoms with Crippen molar-refractivity contribution >= 4 is 11.9 Å². The SMILES string of the molecule is O=C([O-])[C@@H]1[C@H](C(=O)N2CC[NH+](Cc3ccccc3)CC2)[C@@H]2C=C[C@@H]1C2. The van der Waals surface area contributed by atoms with Crippen LogP contribution in [0.15, 0.2) is 42.5 Å². The van der Waals surface area contributed by atoms with Crippen molar-refractivity contribution in [2.75, 3.05) is 26.2 Å². The zero-order valence-corrected chi connectivity index (χ0v) is 14.3. The molecule has 1 amide bonds. The van der Waals surface area contributed by atoms with E-state index in [0.29, 0.717) is 13.1 Å². The summed E-state index contributed by atoms with van der Waals surface area (Å²) in [6.07, 6.45) is 4.77. The summed E-state index contributed by atoms with van der Waals surface area (Å²) in [6.45, 7) is 4.21. The first-order valence-electron chi connectivity index (χ1n) is 9.19. The minimum absolute atomic E-state index is 0.0183. The molecule has 1 saturated heterocycles. The van der Waals surface area contributed by atoms with Crippen molar-refractivity contribution in [3.63, 3.8) is 0 Å². The highest BCUT2D eigenvalue weighted by molar-refractivity contribution is 5.86. The molecule has 1 N–H and O–H groups in total. The first-order valence-corrected chi connectivity index (χ1v) is 9.19. The maximum absolute atomic E-state index is 13.0. The fraction of sp³-hybridized carbons (Fsp3) is 0.500. The first kappa shape index (κ1) is 16.3. The summed E-state index contributed by atoms with van der Waals surface area (Å²) >= 11 is 0. The number of allylic oxidation sites excluding steroid dienone is 2. The van der Waals surface area contributed by atoms with E-state index in [-0.39, 0.29) is 17.7 Å². The molecule has 1 aromatic rings. The summed E-state index contributed by atoms with van der Waals surface area (Å²) in [5.74, 6) is -2.05. The predicted octanol–water partition coefficient (Wildman–Crippen LogP) is -0.898. The Balaban J connectivity index is 1.37. The first-order chi connectivity index (χ1) is 12.1. The number of carboxylic acids is 1. The highest BCUT2D eigenvalue weighted by Crippen LogP contribution is 2.48. The van der Waals surface area contributed by atoms with Crippen LogP contribution in [0, 0.1) is 23.7 Å². The number of fused-ring (bicyclic) bond motifs is 2. The van der Waals surface area contributed by atoms with Crippen LogP contribution < -0.4 is 10.0 Å². The zero-order chi connectivity index (χ0) is 17.4. The molecule has 0 radical (unpaired) electrons. The van der Waals surface area contributed by atoms with Gasteiger partial charge in [0.15, 0.2) is 0 Å². The molecule has 4 atom stereocenters. The monoisotopic (exact) mass is 340 g/mol. The lowest BCUT2D eigenvalue weighted by molar-refractivity contribution is -0.917. The standard InChI is InChI=1S/C20H24N2O3/c23-19(17-15-6-7-16(12-15)18(17)20(24)25)22-10-8-21(9-11-22)13-14-4-2-1-3-5-14/h1-7,15-18H,8-13H2,(H,24,25)/t15-,16-,17-,18+/m1/s1. The van der Waals surface area contributed by atoms with E-state index in [0.717, 1.165) is 26.1 Å². The zero-order valence-electron chi connectivity index (χ0n) is 14.3. The van der Waals surface area contributed by atoms with Gasteiger partial charge < -0.3 is 19.7 Å². The number of piperazine rings is 1. The van der Waals surface area contributed by atoms with Crippen molar-refractivity contribution in [1.29, 1.82) is 0 Å². The fourth-order valence-electron chi connectivity index (χ4n) is 4.80. The second-order valence-electron chi connectivity index (χ2n) is 7.56. The van der Waals surface area contributed by atoms with Gasteiger partial charge in [-0.1, -0.05) is 42.5 Å². The van der Waals surface area contributed by atoms with E-state index in [9.17, 15) is 14.7 Å². The number of benzene rings is 1. The molecule has 1 heterocycles. The highest BCUT2D eigenvalue weighted by atomic mass is 16.4. The predicted molar refractivity (Wildman–Crippen MR) is 90.1 cm³/mol. The Morgan fingerprint density at radius 3 is 2.32 bits per heavy atom. The third-order valence-electron chi connectivity index (χ3n) is 6.10. The Bertz CT molecular complexity index is 679. The molecule has 1 saturated carbocycles. The average molecular weight is 340 g/mol. The smallest absolute Gasteiger partial charge is 0.227 e. The molecule has 2 fully saturated rings. The van der Waals surface area contributed by atoms with Gasteiger partial charge in [0.2, 0.25) is 5.91 Å². The molecule has 0 aromatic heterocycles. The second-order valence-corrected chi connectivity index (χ2v) is 7.56. The van der Waals surface area contributed by atoms with Crippen LogP contribution in [-0.2, 0) is 16.1 Å². The summed E-state index contributed by atoms with van der Waals surface area (Å²) in [5, 5.41) is 11.5. The molecular formula is C20H24N2O3. The van der Waals surface area contributed by atoms with Gasteiger partial charge in [0.05, 0.1) is 32.1 Å². The van der Waals surface area contributed by atoms with Gasteiger partial charge in [0.25, 0.3) is 0 Å². The number of rotatable bonds is 4. The van der Waals surface area contributed by atoms with E-state index in [4.69, 9.17) is 0 Å².